The smallest absolute Gasteiger partial charge is 0.156 e. The van der Waals surface area contributed by atoms with Crippen molar-refractivity contribution in [3.05, 3.63) is 119 Å². The largest absolute Gasteiger partial charge is 0.508 e. The lowest BCUT2D eigenvalue weighted by Gasteiger charge is -2.25. The third-order valence-corrected chi connectivity index (χ3v) is 5.48. The number of Topliss-reactive ketones (excluding diaryl/α,β-unsaturated/α-hetero) is 1. The summed E-state index contributed by atoms with van der Waals surface area (Å²) in [6.07, 6.45) is 0. The maximum atomic E-state index is 14.2. The summed E-state index contributed by atoms with van der Waals surface area (Å²) in [5.41, 5.74) is 1.75. The van der Waals surface area contributed by atoms with E-state index in [-0.39, 0.29) is 39.9 Å². The molecule has 0 bridgehead atoms. The lowest BCUT2D eigenvalue weighted by atomic mass is 9.76. The van der Waals surface area contributed by atoms with Gasteiger partial charge in [-0.1, -0.05) is 60.7 Å². The van der Waals surface area contributed by atoms with E-state index in [2.05, 4.69) is 0 Å². The Bertz CT molecular complexity index is 1140. The molecule has 4 aromatic carbocycles. The Morgan fingerprint density at radius 1 is 0.531 bits per heavy atom. The fraction of sp³-hybridized carbons (Fsp3) is 0.0741. The summed E-state index contributed by atoms with van der Waals surface area (Å²) in [5.74, 6) is -2.62. The first-order valence-electron chi connectivity index (χ1n) is 10.1. The molecule has 5 heteroatoms. The van der Waals surface area contributed by atoms with E-state index >= 15 is 0 Å². The van der Waals surface area contributed by atoms with Gasteiger partial charge in [0.05, 0.1) is 11.8 Å². The minimum atomic E-state index is -0.935. The van der Waals surface area contributed by atoms with Crippen LogP contribution in [0.4, 0.5) is 0 Å². The van der Waals surface area contributed by atoms with Crippen molar-refractivity contribution in [2.24, 2.45) is 0 Å². The van der Waals surface area contributed by atoms with Crippen molar-refractivity contribution >= 4 is 5.78 Å². The van der Waals surface area contributed by atoms with Crippen LogP contribution in [0.3, 0.4) is 0 Å². The van der Waals surface area contributed by atoms with E-state index < -0.39 is 11.8 Å². The number of carbonyl (C=O) groups is 1. The Morgan fingerprint density at radius 3 is 1.28 bits per heavy atom. The van der Waals surface area contributed by atoms with Gasteiger partial charge in [-0.3, -0.25) is 4.79 Å². The Morgan fingerprint density at radius 2 is 0.906 bits per heavy atom. The Balaban J connectivity index is 1.95. The van der Waals surface area contributed by atoms with Gasteiger partial charge in [0.1, 0.15) is 23.0 Å². The fourth-order valence-electron chi connectivity index (χ4n) is 4.00. The van der Waals surface area contributed by atoms with Crippen LogP contribution in [0.2, 0.25) is 0 Å². The lowest BCUT2D eigenvalue weighted by Crippen LogP contribution is -2.23. The summed E-state index contributed by atoms with van der Waals surface area (Å²) in [4.78, 5) is 14.2. The van der Waals surface area contributed by atoms with E-state index in [0.29, 0.717) is 11.1 Å². The number of benzene rings is 4. The molecule has 2 unspecified atom stereocenters. The first-order valence-corrected chi connectivity index (χ1v) is 10.1. The second-order valence-electron chi connectivity index (χ2n) is 7.58. The molecule has 0 aliphatic rings. The molecule has 4 aromatic rings. The van der Waals surface area contributed by atoms with Crippen molar-refractivity contribution in [2.45, 2.75) is 11.8 Å². The zero-order chi connectivity index (χ0) is 22.7. The summed E-state index contributed by atoms with van der Waals surface area (Å²) in [5, 5.41) is 41.3. The molecule has 0 fully saturated rings. The van der Waals surface area contributed by atoms with Crippen LogP contribution in [-0.2, 0) is 4.79 Å². The van der Waals surface area contributed by atoms with Gasteiger partial charge in [0.2, 0.25) is 0 Å². The number of aromatic hydroxyl groups is 4. The number of hydrogen-bond donors (Lipinski definition) is 4. The van der Waals surface area contributed by atoms with Crippen molar-refractivity contribution in [1.82, 2.24) is 0 Å². The van der Waals surface area contributed by atoms with E-state index in [0.717, 1.165) is 0 Å². The summed E-state index contributed by atoms with van der Waals surface area (Å²) in [6.45, 7) is 0. The molecule has 32 heavy (non-hydrogen) atoms. The molecule has 160 valence electrons. The van der Waals surface area contributed by atoms with E-state index in [1.54, 1.807) is 48.5 Å². The van der Waals surface area contributed by atoms with Crippen LogP contribution in [0.1, 0.15) is 34.1 Å². The third kappa shape index (κ3) is 4.14. The highest BCUT2D eigenvalue weighted by Crippen LogP contribution is 2.42. The zero-order valence-corrected chi connectivity index (χ0v) is 17.1. The third-order valence-electron chi connectivity index (χ3n) is 5.48. The Hall–Kier alpha value is -4.25. The number of phenols is 4. The van der Waals surface area contributed by atoms with Crippen molar-refractivity contribution in [3.63, 3.8) is 0 Å². The van der Waals surface area contributed by atoms with Crippen molar-refractivity contribution < 1.29 is 25.2 Å². The fourth-order valence-corrected chi connectivity index (χ4v) is 4.00. The highest BCUT2D eigenvalue weighted by atomic mass is 16.3. The lowest BCUT2D eigenvalue weighted by molar-refractivity contribution is -0.120. The van der Waals surface area contributed by atoms with Crippen molar-refractivity contribution in [3.8, 4) is 23.0 Å². The molecule has 0 aliphatic heterocycles. The van der Waals surface area contributed by atoms with Gasteiger partial charge in [-0.05, 0) is 47.5 Å². The molecular formula is C27H22O5. The molecule has 0 saturated carbocycles. The van der Waals surface area contributed by atoms with Crippen molar-refractivity contribution in [1.29, 1.82) is 0 Å². The first kappa shape index (κ1) is 21.0. The first-order chi connectivity index (χ1) is 15.5. The second-order valence-corrected chi connectivity index (χ2v) is 7.58. The van der Waals surface area contributed by atoms with Crippen LogP contribution in [0.25, 0.3) is 0 Å². The molecule has 4 rings (SSSR count). The van der Waals surface area contributed by atoms with Gasteiger partial charge in [0.25, 0.3) is 0 Å². The van der Waals surface area contributed by atoms with Gasteiger partial charge < -0.3 is 20.4 Å². The summed E-state index contributed by atoms with van der Waals surface area (Å²) < 4.78 is 0. The summed E-state index contributed by atoms with van der Waals surface area (Å²) >= 11 is 0. The van der Waals surface area contributed by atoms with E-state index in [4.69, 9.17) is 0 Å². The van der Waals surface area contributed by atoms with E-state index in [1.165, 1.54) is 36.4 Å². The number of phenolic OH excluding ortho intramolecular Hbond substituents is 4. The number of ketones is 1. The van der Waals surface area contributed by atoms with Crippen LogP contribution >= 0.6 is 0 Å². The standard InChI is InChI=1S/C27H22O5/c28-19-11-13-23(30)21(15-19)25(17-7-3-1-4-8-17)27(32)26(18-9-5-2-6-10-18)22-16-20(29)12-14-24(22)31/h1-16,25-26,28-31H. The average Bonchev–Trinajstić information content (AvgIpc) is 2.80. The summed E-state index contributed by atoms with van der Waals surface area (Å²) in [7, 11) is 0. The number of carbonyl (C=O) groups excluding carboxylic acids is 1. The average molecular weight is 426 g/mol. The molecule has 0 amide bonds. The second kappa shape index (κ2) is 8.86. The van der Waals surface area contributed by atoms with Crippen molar-refractivity contribution in [2.75, 3.05) is 0 Å². The Labute approximate surface area is 185 Å². The molecule has 0 aliphatic carbocycles. The number of rotatable bonds is 6. The maximum Gasteiger partial charge on any atom is 0.156 e. The predicted molar refractivity (Wildman–Crippen MR) is 121 cm³/mol. The Kier molecular flexibility index (Phi) is 5.81. The van der Waals surface area contributed by atoms with Crippen LogP contribution < -0.4 is 0 Å². The molecule has 0 spiro atoms. The number of hydrogen-bond acceptors (Lipinski definition) is 5. The SMILES string of the molecule is O=C(C(c1ccccc1)c1cc(O)ccc1O)C(c1ccccc1)c1cc(O)ccc1O. The predicted octanol–water partition coefficient (Wildman–Crippen LogP) is 5.04. The molecule has 0 radical (unpaired) electrons. The highest BCUT2D eigenvalue weighted by molar-refractivity contribution is 5.98. The van der Waals surface area contributed by atoms with Crippen LogP contribution in [0.15, 0.2) is 97.1 Å². The quantitative estimate of drug-likeness (QED) is 0.324. The summed E-state index contributed by atoms with van der Waals surface area (Å²) in [6, 6.07) is 26.0. The van der Waals surface area contributed by atoms with Gasteiger partial charge in [0, 0.05) is 11.1 Å². The topological polar surface area (TPSA) is 98.0 Å². The monoisotopic (exact) mass is 426 g/mol. The zero-order valence-electron chi connectivity index (χ0n) is 17.1. The molecule has 0 aromatic heterocycles. The van der Waals surface area contributed by atoms with E-state index in [1.807, 2.05) is 12.1 Å². The van der Waals surface area contributed by atoms with Crippen LogP contribution in [0.5, 0.6) is 23.0 Å². The van der Waals surface area contributed by atoms with Gasteiger partial charge in [-0.15, -0.1) is 0 Å². The van der Waals surface area contributed by atoms with Gasteiger partial charge in [-0.25, -0.2) is 0 Å². The normalized spacial score (nSPS) is 12.8. The minimum absolute atomic E-state index is 0.0806. The van der Waals surface area contributed by atoms with E-state index in [9.17, 15) is 25.2 Å². The van der Waals surface area contributed by atoms with Gasteiger partial charge in [0.15, 0.2) is 5.78 Å². The molecule has 0 heterocycles. The molecular weight excluding hydrogens is 404 g/mol. The molecule has 4 N–H and O–H groups in total. The van der Waals surface area contributed by atoms with Crippen LogP contribution in [-0.4, -0.2) is 26.2 Å². The highest BCUT2D eigenvalue weighted by Gasteiger charge is 2.35. The minimum Gasteiger partial charge on any atom is -0.508 e. The molecule has 5 nitrogen and oxygen atoms in total. The van der Waals surface area contributed by atoms with Gasteiger partial charge >= 0.3 is 0 Å². The molecule has 2 atom stereocenters. The molecule has 0 saturated heterocycles. The maximum absolute atomic E-state index is 14.2. The van der Waals surface area contributed by atoms with Crippen LogP contribution in [0, 0.1) is 0 Å². The van der Waals surface area contributed by atoms with Gasteiger partial charge in [-0.2, -0.15) is 0 Å².